The quantitative estimate of drug-likeness (QED) is 0.0145. The lowest BCUT2D eigenvalue weighted by Crippen LogP contribution is -2.35. The Morgan fingerprint density at radius 1 is 0.350 bits per heavy atom. The molecule has 0 radical (unpaired) electrons. The average Bonchev–Trinajstić information content (AvgIpc) is 1.62. The average molecular weight is 2270 g/mol. The van der Waals surface area contributed by atoms with E-state index >= 15 is 0 Å². The van der Waals surface area contributed by atoms with Gasteiger partial charge in [0, 0.05) is 123 Å². The van der Waals surface area contributed by atoms with Gasteiger partial charge in [-0.3, -0.25) is 95.2 Å². The number of hydrogen-bond donors (Lipinski definition) is 7. The number of aromatic nitrogens is 16. The van der Waals surface area contributed by atoms with Crippen molar-refractivity contribution in [3.05, 3.63) is 208 Å². The second-order valence-corrected chi connectivity index (χ2v) is 52.6. The van der Waals surface area contributed by atoms with Gasteiger partial charge in [0.1, 0.15) is 132 Å². The van der Waals surface area contributed by atoms with Crippen molar-refractivity contribution in [2.45, 2.75) is 229 Å². The van der Waals surface area contributed by atoms with E-state index in [-0.39, 0.29) is 76.0 Å². The first kappa shape index (κ1) is 111. The summed E-state index contributed by atoms with van der Waals surface area (Å²) in [5.41, 5.74) is -3.50. The first-order valence-corrected chi connectivity index (χ1v) is 60.8. The maximum absolute atomic E-state index is 15.0. The van der Waals surface area contributed by atoms with Crippen LogP contribution < -0.4 is 103 Å². The Labute approximate surface area is 838 Å². The SMILES string of the molecule is CC[C@H]1O[C@@H](n2cc(C)c(=O)[nH]c2=O)C[C@H]1OP([O-])(=S)OC[C@H]1O[C@@H](n2cc(C)c(=O)[nH]c2=O)C[C@H]1OP(=O)([S-])OC[C@H]1O[C@@H](n2cc(C)c(=O)[nH]c2=O)C[C@H]1OP([O-])(=S)OC[C@H]1O[C@@H](n2cc(C)c(=O)[nH]c2=O)C[C@H]1OP([O-])(=S)OC[C@H]1O[C@@H](n2cnc3c(N)ncnc32)C[C@H]1OP([O-])(=S)OC[C@H]1O[C@@H](n2cc(C)c(=O)[nH]c2=O)C[C@H]1OP([O-])(=S)OC[C@H]1O[C@@H](n2cc(C)c(=O)[nH]c2=O)C[C@H]1OP([O-])(=S)OC. The lowest BCUT2D eigenvalue weighted by atomic mass is 10.1. The topological polar surface area (TPSA) is 748 Å². The van der Waals surface area contributed by atoms with Gasteiger partial charge in [0.05, 0.1) is 94.8 Å². The molecule has 0 spiro atoms. The number of aromatic amines is 6. The van der Waals surface area contributed by atoms with Gasteiger partial charge in [-0.2, -0.15) is 0 Å². The number of rotatable bonds is 41. The molecule has 7 saturated heterocycles. The molecule has 7 fully saturated rings. The van der Waals surface area contributed by atoms with E-state index in [1.165, 1.54) is 64.8 Å². The third kappa shape index (κ3) is 26.9. The van der Waals surface area contributed by atoms with E-state index in [1.54, 1.807) is 6.92 Å². The number of imidazole rings is 1. The van der Waals surface area contributed by atoms with Gasteiger partial charge in [-0.25, -0.2) is 43.7 Å². The van der Waals surface area contributed by atoms with Crippen LogP contribution in [0.4, 0.5) is 5.82 Å². The van der Waals surface area contributed by atoms with Gasteiger partial charge >= 0.3 is 34.1 Å². The first-order valence-electron chi connectivity index (χ1n) is 42.9. The zero-order valence-electron chi connectivity index (χ0n) is 75.5. The minimum Gasteiger partial charge on any atom is -0.780 e. The number of hydrogen-bond acceptors (Lipinski definition) is 51. The predicted octanol–water partition coefficient (Wildman–Crippen LogP) is -3.41. The van der Waals surface area contributed by atoms with Crippen LogP contribution in [-0.2, 0) is 184 Å². The maximum Gasteiger partial charge on any atom is 0.330 e. The number of nitrogens with two attached hydrogens (primary N) is 1. The van der Waals surface area contributed by atoms with Crippen molar-refractivity contribution >= 4 is 147 Å². The summed E-state index contributed by atoms with van der Waals surface area (Å²) in [6.45, 7) is -29.2. The van der Waals surface area contributed by atoms with Crippen LogP contribution in [-0.4, -0.2) is 209 Å². The van der Waals surface area contributed by atoms with Gasteiger partial charge in [0.15, 0.2) is 18.3 Å². The monoisotopic (exact) mass is 2270 g/mol. The molecule has 71 heteroatoms. The molecule has 8 aromatic heterocycles. The number of H-pyrrole nitrogens is 6. The second kappa shape index (κ2) is 44.8. The Hall–Kier alpha value is -6.17. The molecule has 0 saturated carbocycles. The number of ether oxygens (including phenoxy) is 7. The molecule has 7 aliphatic heterocycles. The molecule has 143 heavy (non-hydrogen) atoms. The second-order valence-electron chi connectivity index (χ2n) is 33.5. The number of nitrogens with one attached hydrogen (secondary N) is 6. The normalized spacial score (nSPS) is 29.7. The Kier molecular flexibility index (Phi) is 34.7. The molecule has 57 nitrogen and oxygen atoms in total. The summed E-state index contributed by atoms with van der Waals surface area (Å²) in [5.74, 6) is -0.0643. The fourth-order valence-corrected chi connectivity index (χ4v) is 26.1. The van der Waals surface area contributed by atoms with Crippen LogP contribution in [0, 0.1) is 41.5 Å². The molecule has 0 bridgehead atoms. The molecule has 28 atom stereocenters. The van der Waals surface area contributed by atoms with E-state index in [0.717, 1.165) is 65.6 Å². The highest BCUT2D eigenvalue weighted by Crippen LogP contribution is 2.57. The van der Waals surface area contributed by atoms with Crippen molar-refractivity contribution < 1.29 is 130 Å². The smallest absolute Gasteiger partial charge is 0.330 e. The molecule has 15 rings (SSSR count). The van der Waals surface area contributed by atoms with Gasteiger partial charge in [-0.15, -0.1) is 0 Å². The van der Waals surface area contributed by atoms with Crippen molar-refractivity contribution in [2.75, 3.05) is 52.5 Å². The van der Waals surface area contributed by atoms with Crippen LogP contribution in [0.2, 0.25) is 0 Å². The molecule has 786 valence electrons. The third-order valence-electron chi connectivity index (χ3n) is 23.6. The highest BCUT2D eigenvalue weighted by molar-refractivity contribution is 8.32. The minimum absolute atomic E-state index is 0.00544. The molecular weight excluding hydrogens is 2180 g/mol. The first-order chi connectivity index (χ1) is 67.1. The van der Waals surface area contributed by atoms with E-state index in [0.29, 0.717) is 0 Å². The van der Waals surface area contributed by atoms with Crippen LogP contribution in [0.15, 0.2) is 107 Å². The van der Waals surface area contributed by atoms with Gasteiger partial charge < -0.3 is 144 Å². The van der Waals surface area contributed by atoms with Crippen molar-refractivity contribution in [3.8, 4) is 0 Å². The van der Waals surface area contributed by atoms with Crippen LogP contribution in [0.25, 0.3) is 11.2 Å². The fourth-order valence-electron chi connectivity index (χ4n) is 16.4. The zero-order valence-corrected chi connectivity index (χ0v) is 87.5. The largest absolute Gasteiger partial charge is 0.780 e. The van der Waals surface area contributed by atoms with Gasteiger partial charge in [0.2, 0.25) is 0 Å². The van der Waals surface area contributed by atoms with Crippen molar-refractivity contribution in [2.24, 2.45) is 0 Å². The standard InChI is InChI=1S/C72H96N17O40P7S7/c1-9-37-38(10-51(116-37)83-17-31(2)61(90)77-67(83)96)124-131(103,138)110-24-46-40(12-53(118-46)85-19-33(4)63(92)79-69(85)98)126-133(105,140)112-25-47-42(14-55(119-47)87-21-35(6)65(94)81-71(87)100)127-134(106,141)113-26-48-43(15-56(120-48)88-22-36(7)66(95)82-72(88)101)128-135(107,142)115-28-50-44(16-57(122-50)89-30-76-58-59(73)74-29-75-60(58)89)129-136(108,143)114-27-49-41(13-54(121-49)86-20-34(5)64(93)80-70(86)99)125-132(104,139)111-23-45-39(123-130(102,137)109-8)11-52(117-45)84-18-32(3)62(91)78-68(84)97/h17-22,29-30,37-57H,9-16,23-28H2,1-8H3,(H,102,137)(H,103,138)(H,104,139)(H,105,140)(H,106,141)(H,107,142)(H,108,143)(H2,73,74,75)(H,77,90,96)(H,78,91,97)(H,79,92,98)(H,80,93,99)(H,81,94,100)(H,82,95,101)/p-7/t37-,38-,39-,40-,41-,42-,43-,44-,45-,46-,47-,48-,49-,50-,51-,52-,53-,54-,55-,56-,57-,130?,131?,132?,133?,134?,135?,136?/m1/s1. The predicted molar refractivity (Wildman–Crippen MR) is 504 cm³/mol. The number of anilines is 1. The summed E-state index contributed by atoms with van der Waals surface area (Å²) in [6, 6.07) is 0. The Bertz CT molecular complexity index is 7320. The van der Waals surface area contributed by atoms with E-state index < -0.39 is 309 Å². The van der Waals surface area contributed by atoms with Gasteiger partial charge in [-0.1, -0.05) is 77.8 Å². The van der Waals surface area contributed by atoms with Crippen molar-refractivity contribution in [3.63, 3.8) is 0 Å². The lowest BCUT2D eigenvalue weighted by Gasteiger charge is -2.36. The van der Waals surface area contributed by atoms with Crippen LogP contribution >= 0.6 is 47.1 Å². The van der Waals surface area contributed by atoms with Crippen molar-refractivity contribution in [1.29, 1.82) is 0 Å². The number of aryl methyl sites for hydroxylation is 6. The van der Waals surface area contributed by atoms with Gasteiger partial charge in [0.25, 0.3) is 33.4 Å². The summed E-state index contributed by atoms with van der Waals surface area (Å²) in [5, 5.41) is 0. The summed E-state index contributed by atoms with van der Waals surface area (Å²) in [4.78, 5) is 266. The molecule has 7 unspecified atom stereocenters. The van der Waals surface area contributed by atoms with Crippen LogP contribution in [0.1, 0.15) is 135 Å². The molecular formula is C72H89N17O40P7S7-7. The summed E-state index contributed by atoms with van der Waals surface area (Å²) < 4.78 is 146. The molecule has 15 heterocycles. The number of nitrogen functional groups attached to an aromatic ring is 1. The lowest BCUT2D eigenvalue weighted by molar-refractivity contribution is -0.221. The van der Waals surface area contributed by atoms with Crippen LogP contribution in [0.5, 0.6) is 0 Å². The molecule has 8 N–H and O–H groups in total. The molecule has 8 aromatic rings. The van der Waals surface area contributed by atoms with Gasteiger partial charge in [-0.05, 0) is 48.0 Å². The van der Waals surface area contributed by atoms with E-state index in [2.05, 4.69) is 44.9 Å². The molecule has 0 aliphatic carbocycles. The van der Waals surface area contributed by atoms with Crippen LogP contribution in [0.3, 0.4) is 0 Å². The van der Waals surface area contributed by atoms with E-state index in [1.807, 2.05) is 0 Å². The highest BCUT2D eigenvalue weighted by atomic mass is 32.7. The molecule has 0 amide bonds. The molecule has 7 aliphatic rings. The zero-order chi connectivity index (χ0) is 104. The maximum atomic E-state index is 15.0. The Morgan fingerprint density at radius 2 is 0.566 bits per heavy atom. The summed E-state index contributed by atoms with van der Waals surface area (Å²) >= 11 is 37.7. The fraction of sp³-hybridized carbons (Fsp3) is 0.597. The Balaban J connectivity index is 0.636. The highest BCUT2D eigenvalue weighted by Gasteiger charge is 2.49. The third-order valence-corrected chi connectivity index (χ3v) is 34.7. The van der Waals surface area contributed by atoms with E-state index in [4.69, 9.17) is 185 Å². The minimum atomic E-state index is -5.08. The Morgan fingerprint density at radius 3 is 0.811 bits per heavy atom. The van der Waals surface area contributed by atoms with E-state index in [9.17, 15) is 91.5 Å². The number of fused-ring (bicyclic) bond motifs is 1. The molecule has 0 aromatic carbocycles. The van der Waals surface area contributed by atoms with Crippen molar-refractivity contribution in [1.82, 2.24) is 76.8 Å². The summed E-state index contributed by atoms with van der Waals surface area (Å²) in [6.07, 6.45) is -22.7. The summed E-state index contributed by atoms with van der Waals surface area (Å²) in [7, 11) is 1.01. The number of nitrogens with zero attached hydrogens (tertiary/aromatic N) is 10.